The number of nitrogen functional groups attached to an aromatic ring is 1. The lowest BCUT2D eigenvalue weighted by Gasteiger charge is -2.36. The van der Waals surface area contributed by atoms with E-state index in [4.69, 9.17) is 19.9 Å². The van der Waals surface area contributed by atoms with Crippen LogP contribution in [-0.2, 0) is 25.5 Å². The summed E-state index contributed by atoms with van der Waals surface area (Å²) in [7, 11) is 0. The van der Waals surface area contributed by atoms with E-state index < -0.39 is 35.1 Å². The zero-order valence-corrected chi connectivity index (χ0v) is 34.7. The van der Waals surface area contributed by atoms with Crippen molar-refractivity contribution in [1.29, 1.82) is 0 Å². The molecular formula is C37H63N11O8. The molecule has 0 radical (unpaired) electrons. The maximum absolute atomic E-state index is 13.6. The number of aromatic nitrogens is 4. The number of imidazole rings is 1. The molecule has 0 aromatic carbocycles. The normalized spacial score (nSPS) is 15.1. The number of rotatable bonds is 9. The molecule has 1 fully saturated rings. The predicted octanol–water partition coefficient (Wildman–Crippen LogP) is 3.82. The summed E-state index contributed by atoms with van der Waals surface area (Å²) < 4.78 is 18.8. The largest absolute Gasteiger partial charge is 0.444 e. The number of amides is 6. The minimum Gasteiger partial charge on any atom is -0.444 e. The number of hydrogen-bond donors (Lipinski definition) is 3. The van der Waals surface area contributed by atoms with Gasteiger partial charge in [0.2, 0.25) is 5.91 Å². The number of ether oxygens (including phenoxy) is 3. The summed E-state index contributed by atoms with van der Waals surface area (Å²) in [6.45, 7) is 18.3. The maximum atomic E-state index is 13.6. The van der Waals surface area contributed by atoms with Crippen LogP contribution >= 0.6 is 0 Å². The number of carbonyl (C=O) groups is 5. The molecule has 0 aliphatic carbocycles. The van der Waals surface area contributed by atoms with Gasteiger partial charge in [0.1, 0.15) is 28.6 Å². The van der Waals surface area contributed by atoms with E-state index in [1.165, 1.54) is 21.0 Å². The van der Waals surface area contributed by atoms with E-state index in [-0.39, 0.29) is 70.7 Å². The summed E-state index contributed by atoms with van der Waals surface area (Å²) in [6.07, 6.45) is 3.45. The molecule has 19 nitrogen and oxygen atoms in total. The van der Waals surface area contributed by atoms with Crippen molar-refractivity contribution in [2.24, 2.45) is 0 Å². The molecule has 3 heterocycles. The highest BCUT2D eigenvalue weighted by molar-refractivity contribution is 5.81. The Balaban J connectivity index is 1.58. The average Bonchev–Trinajstić information content (AvgIpc) is 3.48. The van der Waals surface area contributed by atoms with Gasteiger partial charge in [-0.3, -0.25) is 4.79 Å². The van der Waals surface area contributed by atoms with Gasteiger partial charge in [-0.2, -0.15) is 0 Å². The van der Waals surface area contributed by atoms with Crippen molar-refractivity contribution in [3.8, 4) is 0 Å². The minimum atomic E-state index is -0.758. The summed E-state index contributed by atoms with van der Waals surface area (Å²) in [5, 5.41) is 5.65. The van der Waals surface area contributed by atoms with E-state index in [1.807, 2.05) is 0 Å². The van der Waals surface area contributed by atoms with Gasteiger partial charge < -0.3 is 54.7 Å². The fourth-order valence-electron chi connectivity index (χ4n) is 5.54. The van der Waals surface area contributed by atoms with Crippen LogP contribution in [0, 0.1) is 0 Å². The third kappa shape index (κ3) is 15.9. The fraction of sp³-hybridized carbons (Fsp3) is 0.730. The first-order valence-corrected chi connectivity index (χ1v) is 19.3. The number of urea groups is 1. The average molecular weight is 790 g/mol. The van der Waals surface area contributed by atoms with Gasteiger partial charge in [-0.25, -0.2) is 34.1 Å². The van der Waals surface area contributed by atoms with Crippen LogP contribution in [0.4, 0.5) is 25.0 Å². The molecule has 3 rings (SSSR count). The lowest BCUT2D eigenvalue weighted by atomic mass is 10.1. The molecule has 0 bridgehead atoms. The second-order valence-corrected chi connectivity index (χ2v) is 16.6. The van der Waals surface area contributed by atoms with E-state index in [1.54, 1.807) is 78.1 Å². The third-order valence-electron chi connectivity index (χ3n) is 8.29. The smallest absolute Gasteiger partial charge is 0.410 e. The molecule has 314 valence electrons. The van der Waals surface area contributed by atoms with Gasteiger partial charge in [-0.15, -0.1) is 0 Å². The first kappa shape index (κ1) is 45.3. The number of nitrogens with two attached hydrogens (primary N) is 1. The molecule has 1 aliphatic rings. The van der Waals surface area contributed by atoms with Crippen LogP contribution in [0.1, 0.15) is 88.0 Å². The SMILES string of the molecule is CC(C)(C)OC(=O)N1CCN(C(=O)CCCCCNC(=O)NCCn2cnc3c(N)ncnc32)CCN(C(=O)OC(C)(C)C)CCN(C(=O)OC(C)(C)C)CC1. The first-order chi connectivity index (χ1) is 26.1. The van der Waals surface area contributed by atoms with E-state index in [0.717, 1.165) is 0 Å². The number of nitrogens with one attached hydrogen (secondary N) is 2. The summed E-state index contributed by atoms with van der Waals surface area (Å²) in [5.74, 6) is 0.166. The zero-order valence-electron chi connectivity index (χ0n) is 34.7. The van der Waals surface area contributed by atoms with Crippen LogP contribution in [0.5, 0.6) is 0 Å². The number of anilines is 1. The van der Waals surface area contributed by atoms with Gasteiger partial charge in [0.25, 0.3) is 0 Å². The van der Waals surface area contributed by atoms with Crippen molar-refractivity contribution in [3.05, 3.63) is 12.7 Å². The summed E-state index contributed by atoms with van der Waals surface area (Å²) in [6, 6.07) is -0.308. The molecule has 1 saturated heterocycles. The molecule has 2 aromatic rings. The minimum absolute atomic E-state index is 0.114. The second-order valence-electron chi connectivity index (χ2n) is 16.6. The van der Waals surface area contributed by atoms with Crippen molar-refractivity contribution >= 4 is 47.2 Å². The Morgan fingerprint density at radius 1 is 0.625 bits per heavy atom. The van der Waals surface area contributed by atoms with E-state index in [2.05, 4.69) is 25.6 Å². The second kappa shape index (κ2) is 20.2. The summed E-state index contributed by atoms with van der Waals surface area (Å²) in [5.41, 5.74) is 4.67. The van der Waals surface area contributed by atoms with Crippen LogP contribution in [0.2, 0.25) is 0 Å². The van der Waals surface area contributed by atoms with Crippen LogP contribution < -0.4 is 16.4 Å². The predicted molar refractivity (Wildman–Crippen MR) is 210 cm³/mol. The molecular weight excluding hydrogens is 726 g/mol. The van der Waals surface area contributed by atoms with Gasteiger partial charge in [-0.1, -0.05) is 6.42 Å². The summed E-state index contributed by atoms with van der Waals surface area (Å²) >= 11 is 0. The van der Waals surface area contributed by atoms with Crippen LogP contribution in [0.3, 0.4) is 0 Å². The van der Waals surface area contributed by atoms with Crippen molar-refractivity contribution in [3.63, 3.8) is 0 Å². The highest BCUT2D eigenvalue weighted by atomic mass is 16.6. The molecule has 0 unspecified atom stereocenters. The number of hydrogen-bond acceptors (Lipinski definition) is 12. The molecule has 0 saturated carbocycles. The highest BCUT2D eigenvalue weighted by Gasteiger charge is 2.30. The van der Waals surface area contributed by atoms with Gasteiger partial charge in [-0.05, 0) is 75.2 Å². The molecule has 56 heavy (non-hydrogen) atoms. The van der Waals surface area contributed by atoms with E-state index in [0.29, 0.717) is 55.9 Å². The molecule has 1 aliphatic heterocycles. The van der Waals surface area contributed by atoms with Gasteiger partial charge in [0.15, 0.2) is 11.5 Å². The van der Waals surface area contributed by atoms with Crippen LogP contribution in [0.15, 0.2) is 12.7 Å². The highest BCUT2D eigenvalue weighted by Crippen LogP contribution is 2.16. The van der Waals surface area contributed by atoms with Gasteiger partial charge >= 0.3 is 24.3 Å². The Morgan fingerprint density at radius 2 is 1.07 bits per heavy atom. The van der Waals surface area contributed by atoms with Gasteiger partial charge in [0, 0.05) is 78.4 Å². The number of nitrogens with zero attached hydrogens (tertiary/aromatic N) is 8. The topological polar surface area (TPSA) is 220 Å². The van der Waals surface area contributed by atoms with Crippen molar-refractivity contribution in [2.45, 2.75) is 111 Å². The Hall–Kier alpha value is -5.10. The quantitative estimate of drug-likeness (QED) is 0.244. The standard InChI is InChI=1S/C37H63N11O8/c1-35(2,3)54-32(51)45-19-17-44(18-20-46(33(52)55-36(4,5)6)22-24-47(23-21-45)34(53)56-37(7,8)9)27(49)13-11-10-12-14-39-31(50)40-15-16-48-26-43-28-29(38)41-25-42-30(28)48/h25-26H,10-24H2,1-9H3,(H2,38,41,42)(H2,39,40,50). The van der Waals surface area contributed by atoms with Crippen molar-refractivity contribution in [1.82, 2.24) is 49.8 Å². The van der Waals surface area contributed by atoms with Crippen molar-refractivity contribution < 1.29 is 38.2 Å². The fourth-order valence-corrected chi connectivity index (χ4v) is 5.54. The third-order valence-corrected chi connectivity index (χ3v) is 8.29. The molecule has 4 N–H and O–H groups in total. The number of unbranched alkanes of at least 4 members (excludes halogenated alkanes) is 2. The Morgan fingerprint density at radius 3 is 1.54 bits per heavy atom. The lowest BCUT2D eigenvalue weighted by molar-refractivity contribution is -0.132. The Bertz CT molecular complexity index is 1590. The molecule has 0 spiro atoms. The van der Waals surface area contributed by atoms with Crippen molar-refractivity contribution in [2.75, 3.05) is 71.2 Å². The van der Waals surface area contributed by atoms with Crippen LogP contribution in [-0.4, -0.2) is 152 Å². The maximum Gasteiger partial charge on any atom is 0.410 e. The van der Waals surface area contributed by atoms with E-state index >= 15 is 0 Å². The molecule has 2 aromatic heterocycles. The number of fused-ring (bicyclic) bond motifs is 1. The van der Waals surface area contributed by atoms with Crippen LogP contribution in [0.25, 0.3) is 11.2 Å². The molecule has 6 amide bonds. The lowest BCUT2D eigenvalue weighted by Crippen LogP contribution is -2.52. The Kier molecular flexibility index (Phi) is 16.3. The monoisotopic (exact) mass is 789 g/mol. The molecule has 0 atom stereocenters. The Labute approximate surface area is 329 Å². The first-order valence-electron chi connectivity index (χ1n) is 19.3. The summed E-state index contributed by atoms with van der Waals surface area (Å²) in [4.78, 5) is 84.4. The van der Waals surface area contributed by atoms with E-state index in [9.17, 15) is 24.0 Å². The van der Waals surface area contributed by atoms with Gasteiger partial charge in [0.05, 0.1) is 6.33 Å². The molecule has 19 heteroatoms. The zero-order chi connectivity index (χ0) is 41.7. The number of carbonyl (C=O) groups excluding carboxylic acids is 5.